The highest BCUT2D eigenvalue weighted by Gasteiger charge is 2.50. The number of phenolic OH excluding ortho intramolecular Hbond substituents is 1. The minimum atomic E-state index is -3.31. The summed E-state index contributed by atoms with van der Waals surface area (Å²) in [6.07, 6.45) is 2.77. The predicted octanol–water partition coefficient (Wildman–Crippen LogP) is 0.951. The van der Waals surface area contributed by atoms with Crippen molar-refractivity contribution in [3.8, 4) is 5.75 Å². The van der Waals surface area contributed by atoms with Gasteiger partial charge in [0, 0.05) is 24.6 Å². The van der Waals surface area contributed by atoms with Gasteiger partial charge in [0.2, 0.25) is 5.91 Å². The van der Waals surface area contributed by atoms with Crippen molar-refractivity contribution in [3.63, 3.8) is 0 Å². The summed E-state index contributed by atoms with van der Waals surface area (Å²) in [6, 6.07) is 3.73. The number of piperazine rings is 1. The molecule has 2 amide bonds. The molecule has 2 heterocycles. The van der Waals surface area contributed by atoms with Crippen LogP contribution in [-0.2, 0) is 14.6 Å². The molecule has 0 spiro atoms. The highest BCUT2D eigenvalue weighted by atomic mass is 32.2. The smallest absolute Gasteiger partial charge is 0.254 e. The summed E-state index contributed by atoms with van der Waals surface area (Å²) < 4.78 is 24.6. The van der Waals surface area contributed by atoms with Crippen LogP contribution in [0.4, 0.5) is 0 Å². The van der Waals surface area contributed by atoms with Gasteiger partial charge in [0.25, 0.3) is 5.91 Å². The molecule has 2 saturated heterocycles. The summed E-state index contributed by atoms with van der Waals surface area (Å²) in [6.45, 7) is 2.41. The number of aryl methyl sites for hydroxylation is 1. The molecule has 0 radical (unpaired) electrons. The van der Waals surface area contributed by atoms with Gasteiger partial charge in [-0.15, -0.1) is 0 Å². The lowest BCUT2D eigenvalue weighted by Gasteiger charge is -2.45. The minimum Gasteiger partial charge on any atom is -0.508 e. The minimum absolute atomic E-state index is 0.00486. The number of benzene rings is 1. The molecule has 1 aromatic rings. The number of rotatable bonds is 2. The normalized spacial score (nSPS) is 27.1. The van der Waals surface area contributed by atoms with Crippen molar-refractivity contribution < 1.29 is 23.1 Å². The van der Waals surface area contributed by atoms with Gasteiger partial charge in [-0.2, -0.15) is 0 Å². The lowest BCUT2D eigenvalue weighted by Crippen LogP contribution is -2.63. The van der Waals surface area contributed by atoms with Gasteiger partial charge in [0.1, 0.15) is 5.75 Å². The van der Waals surface area contributed by atoms with Crippen molar-refractivity contribution in [3.05, 3.63) is 29.3 Å². The van der Waals surface area contributed by atoms with Crippen LogP contribution in [0.2, 0.25) is 0 Å². The third-order valence-electron chi connectivity index (χ3n) is 6.13. The second-order valence-corrected chi connectivity index (χ2v) is 10.0. The molecule has 2 atom stereocenters. The van der Waals surface area contributed by atoms with Crippen LogP contribution in [0.1, 0.15) is 35.2 Å². The first kappa shape index (κ1) is 18.3. The number of nitrogens with zero attached hydrogens (tertiary/aromatic N) is 2. The SMILES string of the molecule is Cc1ccc(C(=O)N2CCN(C(=O)C3CCC3)[C@@H]3CS(=O)(=O)C[C@@H]32)cc1O. The Balaban J connectivity index is 1.61. The van der Waals surface area contributed by atoms with Crippen LogP contribution in [0.3, 0.4) is 0 Å². The van der Waals surface area contributed by atoms with Crippen LogP contribution in [0.5, 0.6) is 5.75 Å². The van der Waals surface area contributed by atoms with Crippen LogP contribution < -0.4 is 0 Å². The quantitative estimate of drug-likeness (QED) is 0.809. The first-order valence-electron chi connectivity index (χ1n) is 9.38. The molecule has 1 saturated carbocycles. The van der Waals surface area contributed by atoms with Gasteiger partial charge in [-0.1, -0.05) is 12.5 Å². The molecule has 1 N–H and O–H groups in total. The lowest BCUT2D eigenvalue weighted by atomic mass is 9.83. The maximum absolute atomic E-state index is 13.0. The van der Waals surface area contributed by atoms with Crippen molar-refractivity contribution in [2.75, 3.05) is 24.6 Å². The molecule has 1 aromatic carbocycles. The molecule has 0 aromatic heterocycles. The summed E-state index contributed by atoms with van der Waals surface area (Å²) in [5, 5.41) is 9.91. The zero-order chi connectivity index (χ0) is 19.3. The second-order valence-electron chi connectivity index (χ2n) is 7.87. The average molecular weight is 392 g/mol. The number of carbonyl (C=O) groups excluding carboxylic acids is 2. The number of fused-ring (bicyclic) bond motifs is 1. The molecule has 7 nitrogen and oxygen atoms in total. The van der Waals surface area contributed by atoms with E-state index in [2.05, 4.69) is 0 Å². The fourth-order valence-corrected chi connectivity index (χ4v) is 6.26. The topological polar surface area (TPSA) is 95.0 Å². The van der Waals surface area contributed by atoms with Crippen LogP contribution in [0.25, 0.3) is 0 Å². The first-order valence-corrected chi connectivity index (χ1v) is 11.2. The van der Waals surface area contributed by atoms with E-state index in [-0.39, 0.29) is 35.0 Å². The second kappa shape index (κ2) is 6.51. The summed E-state index contributed by atoms with van der Waals surface area (Å²) in [4.78, 5) is 29.0. The van der Waals surface area contributed by atoms with Crippen LogP contribution in [0, 0.1) is 12.8 Å². The first-order chi connectivity index (χ1) is 12.8. The number of aromatic hydroxyl groups is 1. The number of carbonyl (C=O) groups is 2. The maximum atomic E-state index is 13.0. The van der Waals surface area contributed by atoms with Crippen molar-refractivity contribution >= 4 is 21.7 Å². The van der Waals surface area contributed by atoms with E-state index >= 15 is 0 Å². The summed E-state index contributed by atoms with van der Waals surface area (Å²) in [5.41, 5.74) is 1.00. The summed E-state index contributed by atoms with van der Waals surface area (Å²) in [7, 11) is -3.31. The Bertz CT molecular complexity index is 893. The fraction of sp³-hybridized carbons (Fsp3) is 0.579. The molecule has 2 aliphatic heterocycles. The van der Waals surface area contributed by atoms with Gasteiger partial charge < -0.3 is 14.9 Å². The van der Waals surface area contributed by atoms with E-state index in [0.29, 0.717) is 24.2 Å². The highest BCUT2D eigenvalue weighted by Crippen LogP contribution is 2.34. The molecule has 0 unspecified atom stereocenters. The molecule has 8 heteroatoms. The Morgan fingerprint density at radius 3 is 2.30 bits per heavy atom. The van der Waals surface area contributed by atoms with Crippen molar-refractivity contribution in [2.45, 2.75) is 38.3 Å². The molecular weight excluding hydrogens is 368 g/mol. The monoisotopic (exact) mass is 392 g/mol. The summed E-state index contributed by atoms with van der Waals surface area (Å²) >= 11 is 0. The number of sulfone groups is 1. The van der Waals surface area contributed by atoms with Crippen molar-refractivity contribution in [1.82, 2.24) is 9.80 Å². The highest BCUT2D eigenvalue weighted by molar-refractivity contribution is 7.91. The third-order valence-corrected chi connectivity index (χ3v) is 7.83. The zero-order valence-corrected chi connectivity index (χ0v) is 16.1. The Morgan fingerprint density at radius 1 is 1.07 bits per heavy atom. The average Bonchev–Trinajstić information content (AvgIpc) is 2.88. The third kappa shape index (κ3) is 3.20. The number of hydrogen-bond donors (Lipinski definition) is 1. The van der Waals surface area contributed by atoms with Gasteiger partial charge in [-0.25, -0.2) is 8.42 Å². The predicted molar refractivity (Wildman–Crippen MR) is 99.2 cm³/mol. The Morgan fingerprint density at radius 2 is 1.70 bits per heavy atom. The van der Waals surface area contributed by atoms with E-state index in [1.165, 1.54) is 6.07 Å². The van der Waals surface area contributed by atoms with Crippen LogP contribution in [-0.4, -0.2) is 71.8 Å². The van der Waals surface area contributed by atoms with Gasteiger partial charge >= 0.3 is 0 Å². The van der Waals surface area contributed by atoms with E-state index in [0.717, 1.165) is 19.3 Å². The number of phenols is 1. The number of hydrogen-bond acceptors (Lipinski definition) is 5. The van der Waals surface area contributed by atoms with Crippen LogP contribution >= 0.6 is 0 Å². The van der Waals surface area contributed by atoms with E-state index in [1.807, 2.05) is 0 Å². The van der Waals surface area contributed by atoms with Gasteiger partial charge in [-0.05, 0) is 37.5 Å². The molecule has 27 heavy (non-hydrogen) atoms. The van der Waals surface area contributed by atoms with Gasteiger partial charge in [-0.3, -0.25) is 9.59 Å². The van der Waals surface area contributed by atoms with Gasteiger partial charge in [0.05, 0.1) is 23.6 Å². The maximum Gasteiger partial charge on any atom is 0.254 e. The van der Waals surface area contributed by atoms with Crippen molar-refractivity contribution in [2.24, 2.45) is 5.92 Å². The molecule has 0 bridgehead atoms. The Hall–Kier alpha value is -2.09. The van der Waals surface area contributed by atoms with E-state index in [4.69, 9.17) is 0 Å². The Kier molecular flexibility index (Phi) is 4.41. The van der Waals surface area contributed by atoms with Crippen molar-refractivity contribution in [1.29, 1.82) is 0 Å². The molecular formula is C19H24N2O5S. The largest absolute Gasteiger partial charge is 0.508 e. The molecule has 3 aliphatic rings. The lowest BCUT2D eigenvalue weighted by molar-refractivity contribution is -0.143. The molecule has 3 fully saturated rings. The van der Waals surface area contributed by atoms with E-state index in [9.17, 15) is 23.1 Å². The molecule has 146 valence electrons. The molecule has 4 rings (SSSR count). The standard InChI is InChI=1S/C19H24N2O5S/c1-12-5-6-14(9-17(12)22)19(24)21-8-7-20(18(23)13-3-2-4-13)15-10-27(25,26)11-16(15)21/h5-6,9,13,15-16,22H,2-4,7-8,10-11H2,1H3/t15-,16+/m1/s1. The molecule has 1 aliphatic carbocycles. The number of amides is 2. The van der Waals surface area contributed by atoms with Crippen LogP contribution in [0.15, 0.2) is 18.2 Å². The fourth-order valence-electron chi connectivity index (χ4n) is 4.28. The zero-order valence-electron chi connectivity index (χ0n) is 15.3. The van der Waals surface area contributed by atoms with Gasteiger partial charge in [0.15, 0.2) is 9.84 Å². The van der Waals surface area contributed by atoms with E-state index < -0.39 is 21.9 Å². The summed E-state index contributed by atoms with van der Waals surface area (Å²) in [5.74, 6) is -0.420. The Labute approximate surface area is 158 Å². The van der Waals surface area contributed by atoms with E-state index in [1.54, 1.807) is 28.9 Å².